The van der Waals surface area contributed by atoms with Crippen molar-refractivity contribution in [3.05, 3.63) is 40.8 Å². The Labute approximate surface area is 115 Å². The zero-order chi connectivity index (χ0) is 14.1. The first-order valence-electron chi connectivity index (χ1n) is 6.35. The molecule has 3 aromatic rings. The highest BCUT2D eigenvalue weighted by molar-refractivity contribution is 5.76. The van der Waals surface area contributed by atoms with E-state index in [1.807, 2.05) is 31.2 Å². The fourth-order valence-corrected chi connectivity index (χ4v) is 2.10. The molecule has 0 amide bonds. The summed E-state index contributed by atoms with van der Waals surface area (Å²) in [5.74, 6) is 1.18. The Morgan fingerprint density at radius 2 is 2.15 bits per heavy atom. The molecule has 3 rings (SSSR count). The van der Waals surface area contributed by atoms with Crippen LogP contribution in [-0.2, 0) is 7.05 Å². The first kappa shape index (κ1) is 12.4. The standard InChI is InChI=1S/C14H14N4O2/c1-3-20-11-7-5-4-6-9(11)12-16-13-10(14(19)17-12)8-15-18(13)2/h4-8H,3H2,1-2H3,(H,16,17,19). The van der Waals surface area contributed by atoms with Gasteiger partial charge in [-0.25, -0.2) is 4.98 Å². The Morgan fingerprint density at radius 3 is 2.95 bits per heavy atom. The van der Waals surface area contributed by atoms with Gasteiger partial charge in [0, 0.05) is 7.05 Å². The number of fused-ring (bicyclic) bond motifs is 1. The Hall–Kier alpha value is -2.63. The van der Waals surface area contributed by atoms with Crippen molar-refractivity contribution in [2.45, 2.75) is 6.92 Å². The van der Waals surface area contributed by atoms with Gasteiger partial charge in [0.05, 0.1) is 18.4 Å². The largest absolute Gasteiger partial charge is 0.493 e. The van der Waals surface area contributed by atoms with E-state index in [9.17, 15) is 4.79 Å². The molecular formula is C14H14N4O2. The summed E-state index contributed by atoms with van der Waals surface area (Å²) in [6.45, 7) is 2.46. The maximum atomic E-state index is 12.1. The van der Waals surface area contributed by atoms with E-state index in [0.717, 1.165) is 5.56 Å². The normalized spacial score (nSPS) is 10.9. The number of nitrogens with zero attached hydrogens (tertiary/aromatic N) is 3. The molecule has 0 unspecified atom stereocenters. The minimum absolute atomic E-state index is 0.204. The van der Waals surface area contributed by atoms with Crippen molar-refractivity contribution in [1.29, 1.82) is 0 Å². The molecule has 6 nitrogen and oxygen atoms in total. The van der Waals surface area contributed by atoms with E-state index in [2.05, 4.69) is 15.1 Å². The summed E-state index contributed by atoms with van der Waals surface area (Å²) in [5.41, 5.74) is 1.11. The van der Waals surface area contributed by atoms with E-state index in [0.29, 0.717) is 29.2 Å². The third-order valence-corrected chi connectivity index (χ3v) is 3.04. The average Bonchev–Trinajstić information content (AvgIpc) is 2.82. The molecule has 20 heavy (non-hydrogen) atoms. The highest BCUT2D eigenvalue weighted by Crippen LogP contribution is 2.27. The van der Waals surface area contributed by atoms with E-state index in [-0.39, 0.29) is 5.56 Å². The number of hydrogen-bond donors (Lipinski definition) is 1. The molecule has 0 aliphatic heterocycles. The molecule has 2 heterocycles. The summed E-state index contributed by atoms with van der Waals surface area (Å²) < 4.78 is 7.15. The summed E-state index contributed by atoms with van der Waals surface area (Å²) >= 11 is 0. The Bertz CT molecular complexity index is 819. The molecule has 0 saturated carbocycles. The van der Waals surface area contributed by atoms with Gasteiger partial charge < -0.3 is 9.72 Å². The molecule has 0 radical (unpaired) electrons. The topological polar surface area (TPSA) is 72.8 Å². The van der Waals surface area contributed by atoms with Gasteiger partial charge in [-0.3, -0.25) is 9.48 Å². The Morgan fingerprint density at radius 1 is 1.35 bits per heavy atom. The molecule has 2 aromatic heterocycles. The lowest BCUT2D eigenvalue weighted by molar-refractivity contribution is 0.341. The van der Waals surface area contributed by atoms with Crippen molar-refractivity contribution < 1.29 is 4.74 Å². The Kier molecular flexibility index (Phi) is 2.98. The van der Waals surface area contributed by atoms with Crippen LogP contribution in [0.2, 0.25) is 0 Å². The van der Waals surface area contributed by atoms with Gasteiger partial charge in [0.2, 0.25) is 0 Å². The zero-order valence-electron chi connectivity index (χ0n) is 11.3. The molecule has 1 N–H and O–H groups in total. The number of H-pyrrole nitrogens is 1. The van der Waals surface area contributed by atoms with Crippen molar-refractivity contribution in [1.82, 2.24) is 19.7 Å². The van der Waals surface area contributed by atoms with Crippen molar-refractivity contribution in [3.8, 4) is 17.1 Å². The second-order valence-electron chi connectivity index (χ2n) is 4.35. The number of nitrogens with one attached hydrogen (secondary N) is 1. The molecule has 6 heteroatoms. The van der Waals surface area contributed by atoms with Crippen LogP contribution in [0.25, 0.3) is 22.4 Å². The minimum Gasteiger partial charge on any atom is -0.493 e. The van der Waals surface area contributed by atoms with Crippen LogP contribution in [0.3, 0.4) is 0 Å². The molecule has 0 fully saturated rings. The first-order chi connectivity index (χ1) is 9.70. The highest BCUT2D eigenvalue weighted by atomic mass is 16.5. The van der Waals surface area contributed by atoms with Crippen LogP contribution in [0, 0.1) is 0 Å². The molecule has 0 atom stereocenters. The predicted molar refractivity (Wildman–Crippen MR) is 75.7 cm³/mol. The predicted octanol–water partition coefficient (Wildman–Crippen LogP) is 1.72. The van der Waals surface area contributed by atoms with Crippen LogP contribution in [0.1, 0.15) is 6.92 Å². The second-order valence-corrected chi connectivity index (χ2v) is 4.35. The summed E-state index contributed by atoms with van der Waals surface area (Å²) in [7, 11) is 1.76. The molecule has 0 aliphatic rings. The summed E-state index contributed by atoms with van der Waals surface area (Å²) in [6, 6.07) is 7.48. The van der Waals surface area contributed by atoms with Gasteiger partial charge in [0.15, 0.2) is 5.65 Å². The third kappa shape index (κ3) is 1.95. The number of benzene rings is 1. The highest BCUT2D eigenvalue weighted by Gasteiger charge is 2.12. The van der Waals surface area contributed by atoms with Crippen LogP contribution in [0.4, 0.5) is 0 Å². The van der Waals surface area contributed by atoms with E-state index in [1.165, 1.54) is 6.20 Å². The molecule has 0 saturated heterocycles. The van der Waals surface area contributed by atoms with Crippen LogP contribution >= 0.6 is 0 Å². The number of hydrogen-bond acceptors (Lipinski definition) is 4. The number of aromatic nitrogens is 4. The molecule has 102 valence electrons. The van der Waals surface area contributed by atoms with Gasteiger partial charge in [-0.15, -0.1) is 0 Å². The fraction of sp³-hybridized carbons (Fsp3) is 0.214. The van der Waals surface area contributed by atoms with E-state index in [4.69, 9.17) is 4.74 Å². The van der Waals surface area contributed by atoms with E-state index in [1.54, 1.807) is 11.7 Å². The average molecular weight is 270 g/mol. The van der Waals surface area contributed by atoms with Gasteiger partial charge in [-0.2, -0.15) is 5.10 Å². The van der Waals surface area contributed by atoms with Crippen LogP contribution < -0.4 is 10.3 Å². The van der Waals surface area contributed by atoms with Crippen molar-refractivity contribution in [2.24, 2.45) is 7.05 Å². The summed E-state index contributed by atoms with van der Waals surface area (Å²) in [5, 5.41) is 4.53. The minimum atomic E-state index is -0.204. The van der Waals surface area contributed by atoms with Gasteiger partial charge in [0.1, 0.15) is 17.0 Å². The first-order valence-corrected chi connectivity index (χ1v) is 6.35. The van der Waals surface area contributed by atoms with Gasteiger partial charge >= 0.3 is 0 Å². The maximum Gasteiger partial charge on any atom is 0.262 e. The molecule has 1 aromatic carbocycles. The van der Waals surface area contributed by atoms with Crippen molar-refractivity contribution >= 4 is 11.0 Å². The number of para-hydroxylation sites is 1. The van der Waals surface area contributed by atoms with Crippen molar-refractivity contribution in [3.63, 3.8) is 0 Å². The van der Waals surface area contributed by atoms with Crippen LogP contribution in [0.15, 0.2) is 35.3 Å². The molecule has 0 aliphatic carbocycles. The van der Waals surface area contributed by atoms with Crippen LogP contribution in [-0.4, -0.2) is 26.4 Å². The van der Waals surface area contributed by atoms with E-state index >= 15 is 0 Å². The number of aromatic amines is 1. The van der Waals surface area contributed by atoms with Crippen molar-refractivity contribution in [2.75, 3.05) is 6.61 Å². The van der Waals surface area contributed by atoms with Gasteiger partial charge in [-0.05, 0) is 19.1 Å². The van der Waals surface area contributed by atoms with E-state index < -0.39 is 0 Å². The maximum absolute atomic E-state index is 12.1. The molecule has 0 spiro atoms. The quantitative estimate of drug-likeness (QED) is 0.786. The summed E-state index contributed by atoms with van der Waals surface area (Å²) in [4.78, 5) is 19.3. The summed E-state index contributed by atoms with van der Waals surface area (Å²) in [6.07, 6.45) is 1.51. The lowest BCUT2D eigenvalue weighted by atomic mass is 10.2. The van der Waals surface area contributed by atoms with Crippen LogP contribution in [0.5, 0.6) is 5.75 Å². The lowest BCUT2D eigenvalue weighted by Gasteiger charge is -2.09. The molecule has 0 bridgehead atoms. The number of ether oxygens (including phenoxy) is 1. The fourth-order valence-electron chi connectivity index (χ4n) is 2.10. The SMILES string of the molecule is CCOc1ccccc1-c1nc2c(cnn2C)c(=O)[nH]1. The molecular weight excluding hydrogens is 256 g/mol. The second kappa shape index (κ2) is 4.80. The number of rotatable bonds is 3. The third-order valence-electron chi connectivity index (χ3n) is 3.04. The monoisotopic (exact) mass is 270 g/mol. The van der Waals surface area contributed by atoms with Gasteiger partial charge in [0.25, 0.3) is 5.56 Å². The number of aryl methyl sites for hydroxylation is 1. The smallest absolute Gasteiger partial charge is 0.262 e. The lowest BCUT2D eigenvalue weighted by Crippen LogP contribution is -2.10. The zero-order valence-corrected chi connectivity index (χ0v) is 11.3. The Balaban J connectivity index is 2.24. The van der Waals surface area contributed by atoms with Gasteiger partial charge in [-0.1, -0.05) is 12.1 Å².